The van der Waals surface area contributed by atoms with Crippen LogP contribution in [-0.4, -0.2) is 68.7 Å². The van der Waals surface area contributed by atoms with Crippen molar-refractivity contribution in [3.8, 4) is 0 Å². The fourth-order valence-corrected chi connectivity index (χ4v) is 4.78. The lowest BCUT2D eigenvalue weighted by Crippen LogP contribution is -2.39. The molecule has 0 bridgehead atoms. The van der Waals surface area contributed by atoms with Gasteiger partial charge in [-0.05, 0) is 51.7 Å². The van der Waals surface area contributed by atoms with Crippen molar-refractivity contribution in [3.05, 3.63) is 11.1 Å². The number of nitrogens with zero attached hydrogens (tertiary/aromatic N) is 4. The smallest absolute Gasteiger partial charge is 0.190 e. The van der Waals surface area contributed by atoms with Gasteiger partial charge in [0.15, 0.2) is 11.1 Å². The molecule has 1 aromatic heterocycles. The standard InChI is InChI=1S/C20H36N6S.HI/c1-21-19(22-10-8-14-25-12-4-2-3-5-13-25)23-11-9-18-17-27-20(24-18)26-15-6-7-16-26;/h17H,2-16H2,1H3,(H2,21,22,23);1H. The number of guanidine groups is 1. The Kier molecular flexibility index (Phi) is 11.5. The predicted octanol–water partition coefficient (Wildman–Crippen LogP) is 3.33. The summed E-state index contributed by atoms with van der Waals surface area (Å²) < 4.78 is 0. The molecule has 0 atom stereocenters. The van der Waals surface area contributed by atoms with Gasteiger partial charge in [0, 0.05) is 45.0 Å². The molecule has 160 valence electrons. The second-order valence-electron chi connectivity index (χ2n) is 7.60. The number of halogens is 1. The zero-order valence-electron chi connectivity index (χ0n) is 17.3. The average Bonchev–Trinajstić information content (AvgIpc) is 3.31. The van der Waals surface area contributed by atoms with Gasteiger partial charge in [0.25, 0.3) is 0 Å². The van der Waals surface area contributed by atoms with Crippen LogP contribution in [0.2, 0.25) is 0 Å². The zero-order valence-corrected chi connectivity index (χ0v) is 20.4. The molecule has 3 heterocycles. The molecular weight excluding hydrogens is 483 g/mol. The van der Waals surface area contributed by atoms with Gasteiger partial charge in [0.1, 0.15) is 0 Å². The minimum atomic E-state index is 0. The molecule has 0 saturated carbocycles. The second kappa shape index (κ2) is 13.6. The van der Waals surface area contributed by atoms with E-state index in [2.05, 4.69) is 30.8 Å². The zero-order chi connectivity index (χ0) is 18.7. The Morgan fingerprint density at radius 2 is 1.71 bits per heavy atom. The minimum Gasteiger partial charge on any atom is -0.356 e. The van der Waals surface area contributed by atoms with Crippen LogP contribution < -0.4 is 15.5 Å². The summed E-state index contributed by atoms with van der Waals surface area (Å²) in [5, 5.41) is 10.3. The van der Waals surface area contributed by atoms with Crippen LogP contribution in [0.15, 0.2) is 10.4 Å². The molecule has 0 aliphatic carbocycles. The van der Waals surface area contributed by atoms with Crippen molar-refractivity contribution < 1.29 is 0 Å². The first-order valence-electron chi connectivity index (χ1n) is 10.7. The van der Waals surface area contributed by atoms with Gasteiger partial charge >= 0.3 is 0 Å². The number of anilines is 1. The third-order valence-corrected chi connectivity index (χ3v) is 6.41. The fraction of sp³-hybridized carbons (Fsp3) is 0.800. The molecule has 2 aliphatic heterocycles. The summed E-state index contributed by atoms with van der Waals surface area (Å²) in [6.45, 7) is 7.93. The number of nitrogens with one attached hydrogen (secondary N) is 2. The number of rotatable bonds is 8. The van der Waals surface area contributed by atoms with Crippen molar-refractivity contribution in [3.63, 3.8) is 0 Å². The van der Waals surface area contributed by atoms with E-state index < -0.39 is 0 Å². The maximum atomic E-state index is 4.79. The van der Waals surface area contributed by atoms with E-state index in [0.717, 1.165) is 25.5 Å². The number of thiazole rings is 1. The van der Waals surface area contributed by atoms with Crippen LogP contribution in [0.3, 0.4) is 0 Å². The van der Waals surface area contributed by atoms with Gasteiger partial charge < -0.3 is 20.4 Å². The maximum absolute atomic E-state index is 4.79. The van der Waals surface area contributed by atoms with Crippen LogP contribution >= 0.6 is 35.3 Å². The first kappa shape index (κ1) is 23.7. The van der Waals surface area contributed by atoms with Gasteiger partial charge in [-0.15, -0.1) is 35.3 Å². The maximum Gasteiger partial charge on any atom is 0.190 e. The molecule has 2 saturated heterocycles. The first-order chi connectivity index (χ1) is 13.3. The Bertz CT molecular complexity index is 565. The van der Waals surface area contributed by atoms with Crippen LogP contribution in [0.5, 0.6) is 0 Å². The molecule has 2 N–H and O–H groups in total. The van der Waals surface area contributed by atoms with Crippen molar-refractivity contribution in [1.82, 2.24) is 20.5 Å². The van der Waals surface area contributed by atoms with Crippen molar-refractivity contribution in [2.45, 2.75) is 51.4 Å². The third kappa shape index (κ3) is 8.02. The van der Waals surface area contributed by atoms with Gasteiger partial charge in [-0.2, -0.15) is 0 Å². The van der Waals surface area contributed by atoms with Crippen LogP contribution in [0.25, 0.3) is 0 Å². The Morgan fingerprint density at radius 1 is 1.04 bits per heavy atom. The largest absolute Gasteiger partial charge is 0.356 e. The molecule has 2 fully saturated rings. The summed E-state index contributed by atoms with van der Waals surface area (Å²) in [5.41, 5.74) is 1.19. The normalized spacial score (nSPS) is 18.6. The second-order valence-corrected chi connectivity index (χ2v) is 8.44. The molecule has 0 aromatic carbocycles. The molecule has 2 aliphatic rings. The Hall–Kier alpha value is -0.610. The first-order valence-corrected chi connectivity index (χ1v) is 11.6. The fourth-order valence-electron chi connectivity index (χ4n) is 3.86. The number of aromatic nitrogens is 1. The van der Waals surface area contributed by atoms with Crippen LogP contribution in [0.1, 0.15) is 50.6 Å². The summed E-state index contributed by atoms with van der Waals surface area (Å²) in [4.78, 5) is 14.2. The quantitative estimate of drug-likeness (QED) is 0.239. The number of hydrogen-bond acceptors (Lipinski definition) is 5. The highest BCUT2D eigenvalue weighted by Crippen LogP contribution is 2.24. The van der Waals surface area contributed by atoms with Crippen molar-refractivity contribution in [2.75, 3.05) is 57.8 Å². The molecule has 0 spiro atoms. The summed E-state index contributed by atoms with van der Waals surface area (Å²) in [6.07, 6.45) is 10.3. The number of hydrogen-bond donors (Lipinski definition) is 2. The molecule has 3 rings (SSSR count). The van der Waals surface area contributed by atoms with E-state index in [4.69, 9.17) is 4.98 Å². The predicted molar refractivity (Wildman–Crippen MR) is 132 cm³/mol. The van der Waals surface area contributed by atoms with Crippen molar-refractivity contribution >= 4 is 46.4 Å². The van der Waals surface area contributed by atoms with Gasteiger partial charge in [-0.3, -0.25) is 4.99 Å². The van der Waals surface area contributed by atoms with Crippen LogP contribution in [-0.2, 0) is 6.42 Å². The van der Waals surface area contributed by atoms with Crippen LogP contribution in [0.4, 0.5) is 5.13 Å². The van der Waals surface area contributed by atoms with Crippen LogP contribution in [0, 0.1) is 0 Å². The highest BCUT2D eigenvalue weighted by molar-refractivity contribution is 14.0. The molecule has 28 heavy (non-hydrogen) atoms. The summed E-state index contributed by atoms with van der Waals surface area (Å²) in [5.74, 6) is 0.904. The van der Waals surface area contributed by atoms with Crippen molar-refractivity contribution in [2.24, 2.45) is 4.99 Å². The van der Waals surface area contributed by atoms with E-state index in [1.807, 2.05) is 7.05 Å². The lowest BCUT2D eigenvalue weighted by atomic mass is 10.2. The Balaban J connectivity index is 0.00000280. The molecular formula is C20H37IN6S. The monoisotopic (exact) mass is 520 g/mol. The van der Waals surface area contributed by atoms with Gasteiger partial charge in [0.05, 0.1) is 5.69 Å². The number of aliphatic imine (C=N–C) groups is 1. The topological polar surface area (TPSA) is 55.8 Å². The molecule has 0 unspecified atom stereocenters. The highest BCUT2D eigenvalue weighted by Gasteiger charge is 2.15. The van der Waals surface area contributed by atoms with E-state index >= 15 is 0 Å². The molecule has 6 nitrogen and oxygen atoms in total. The lowest BCUT2D eigenvalue weighted by Gasteiger charge is -2.20. The third-order valence-electron chi connectivity index (χ3n) is 5.46. The van der Waals surface area contributed by atoms with E-state index in [1.54, 1.807) is 11.3 Å². The average molecular weight is 521 g/mol. The van der Waals surface area contributed by atoms with E-state index in [9.17, 15) is 0 Å². The lowest BCUT2D eigenvalue weighted by molar-refractivity contribution is 0.282. The Morgan fingerprint density at radius 3 is 2.43 bits per heavy atom. The molecule has 8 heteroatoms. The van der Waals surface area contributed by atoms with Gasteiger partial charge in [0.2, 0.25) is 0 Å². The molecule has 0 amide bonds. The summed E-state index contributed by atoms with van der Waals surface area (Å²) >= 11 is 1.78. The number of likely N-dealkylation sites (tertiary alicyclic amines) is 1. The molecule has 0 radical (unpaired) electrons. The van der Waals surface area contributed by atoms with E-state index in [-0.39, 0.29) is 24.0 Å². The van der Waals surface area contributed by atoms with Gasteiger partial charge in [-0.25, -0.2) is 4.98 Å². The minimum absolute atomic E-state index is 0. The summed E-state index contributed by atoms with van der Waals surface area (Å²) in [7, 11) is 1.85. The SMILES string of the molecule is CN=C(NCCCN1CCCCCC1)NCCc1csc(N2CCCC2)n1.I. The highest BCUT2D eigenvalue weighted by atomic mass is 127. The Labute approximate surface area is 191 Å². The van der Waals surface area contributed by atoms with Gasteiger partial charge in [-0.1, -0.05) is 12.8 Å². The van der Waals surface area contributed by atoms with E-state index in [1.165, 1.54) is 88.5 Å². The summed E-state index contributed by atoms with van der Waals surface area (Å²) in [6, 6.07) is 0. The molecule has 1 aromatic rings. The van der Waals surface area contributed by atoms with E-state index in [0.29, 0.717) is 0 Å². The van der Waals surface area contributed by atoms with Crippen molar-refractivity contribution in [1.29, 1.82) is 0 Å².